The molecule has 219 valence electrons. The molecule has 41 heavy (non-hydrogen) atoms. The fraction of sp³-hybridized carbons (Fsp3) is 0.441. The van der Waals surface area contributed by atoms with Crippen molar-refractivity contribution < 1.29 is 24.5 Å². The quantitative estimate of drug-likeness (QED) is 0.283. The highest BCUT2D eigenvalue weighted by molar-refractivity contribution is 5.99. The van der Waals surface area contributed by atoms with Crippen LogP contribution in [0.15, 0.2) is 60.7 Å². The summed E-state index contributed by atoms with van der Waals surface area (Å²) in [4.78, 5) is 18.6. The molecular weight excluding hydrogens is 519 g/mol. The normalized spacial score (nSPS) is 20.7. The molecule has 1 radical (unpaired) electrons. The van der Waals surface area contributed by atoms with E-state index in [2.05, 4.69) is 15.9 Å². The smallest absolute Gasteiger partial charge is 0.167 e. The van der Waals surface area contributed by atoms with Crippen molar-refractivity contribution in [2.24, 2.45) is 5.92 Å². The van der Waals surface area contributed by atoms with Crippen LogP contribution in [-0.4, -0.2) is 76.3 Å². The van der Waals surface area contributed by atoms with Gasteiger partial charge in [-0.05, 0) is 101 Å². The Hall–Kier alpha value is -3.26. The van der Waals surface area contributed by atoms with E-state index in [-0.39, 0.29) is 35.1 Å². The highest BCUT2D eigenvalue weighted by atomic mass is 19.1. The zero-order valence-corrected chi connectivity index (χ0v) is 24.6. The molecule has 3 aromatic rings. The molecule has 1 fully saturated rings. The summed E-state index contributed by atoms with van der Waals surface area (Å²) >= 11 is 0. The zero-order chi connectivity index (χ0) is 29.9. The minimum absolute atomic E-state index is 0.00662. The summed E-state index contributed by atoms with van der Waals surface area (Å²) in [5, 5.41) is 32.6. The van der Waals surface area contributed by atoms with Crippen LogP contribution in [0.1, 0.15) is 65.6 Å². The Morgan fingerprint density at radius 1 is 1.12 bits per heavy atom. The van der Waals surface area contributed by atoms with E-state index < -0.39 is 17.4 Å². The molecule has 3 N–H and O–H groups in total. The Morgan fingerprint density at radius 2 is 1.85 bits per heavy atom. The number of aromatic hydroxyl groups is 2. The molecule has 6 nitrogen and oxygen atoms in total. The number of piperidine rings is 1. The van der Waals surface area contributed by atoms with E-state index in [1.807, 2.05) is 26.2 Å². The Kier molecular flexibility index (Phi) is 9.52. The van der Waals surface area contributed by atoms with Crippen LogP contribution in [0.3, 0.4) is 0 Å². The summed E-state index contributed by atoms with van der Waals surface area (Å²) in [6.07, 6.45) is 1.56. The number of aliphatic hydroxyl groups is 1. The number of phenols is 2. The van der Waals surface area contributed by atoms with E-state index in [0.29, 0.717) is 41.8 Å². The maximum absolute atomic E-state index is 15.0. The molecule has 4 atom stereocenters. The van der Waals surface area contributed by atoms with Crippen LogP contribution in [0.5, 0.6) is 11.5 Å². The van der Waals surface area contributed by atoms with Crippen LogP contribution >= 0.6 is 0 Å². The van der Waals surface area contributed by atoms with Crippen LogP contribution in [0.2, 0.25) is 0 Å². The third-order valence-electron chi connectivity index (χ3n) is 8.48. The van der Waals surface area contributed by atoms with Crippen molar-refractivity contribution in [2.75, 3.05) is 33.7 Å². The molecule has 0 saturated carbocycles. The van der Waals surface area contributed by atoms with Crippen LogP contribution < -0.4 is 0 Å². The fourth-order valence-corrected chi connectivity index (χ4v) is 6.50. The first-order valence-corrected chi connectivity index (χ1v) is 14.3. The molecule has 1 saturated heterocycles. The van der Waals surface area contributed by atoms with Gasteiger partial charge in [0, 0.05) is 42.4 Å². The summed E-state index contributed by atoms with van der Waals surface area (Å²) in [6.45, 7) is 6.97. The molecule has 3 aromatic carbocycles. The lowest BCUT2D eigenvalue weighted by molar-refractivity contribution is -0.0437. The zero-order valence-electron chi connectivity index (χ0n) is 24.6. The second-order valence-electron chi connectivity index (χ2n) is 12.2. The molecule has 0 bridgehead atoms. The molecule has 0 unspecified atom stereocenters. The summed E-state index contributed by atoms with van der Waals surface area (Å²) in [5.74, 6) is -1.95. The lowest BCUT2D eigenvalue weighted by Crippen LogP contribution is -2.57. The Labute approximate surface area is 243 Å². The van der Waals surface area contributed by atoms with E-state index in [0.717, 1.165) is 13.0 Å². The number of rotatable bonds is 10. The van der Waals surface area contributed by atoms with Crippen LogP contribution in [0, 0.1) is 24.7 Å². The van der Waals surface area contributed by atoms with Gasteiger partial charge in [0.1, 0.15) is 17.3 Å². The molecule has 1 heterocycles. The van der Waals surface area contributed by atoms with Crippen molar-refractivity contribution in [1.29, 1.82) is 0 Å². The van der Waals surface area contributed by atoms with E-state index in [1.165, 1.54) is 24.3 Å². The highest BCUT2D eigenvalue weighted by Crippen LogP contribution is 2.48. The SMILES string of the molecule is Cc1c(F)cccc1[C@H]1[C@@H](C(=O)c2cccc(O)c2)CN([C@H](CCCN(C)C)C(C)(C)O)C[C@@H]1c1cc[c]cc1O. The maximum atomic E-state index is 15.0. The van der Waals surface area contributed by atoms with E-state index in [4.69, 9.17) is 0 Å². The third-order valence-corrected chi connectivity index (χ3v) is 8.48. The number of carbonyl (C=O) groups is 1. The number of carbonyl (C=O) groups excluding carboxylic acids is 1. The second kappa shape index (κ2) is 12.7. The molecular formula is C34H42FN2O4. The first-order valence-electron chi connectivity index (χ1n) is 14.3. The van der Waals surface area contributed by atoms with Crippen LogP contribution in [0.25, 0.3) is 0 Å². The average Bonchev–Trinajstić information content (AvgIpc) is 2.91. The molecule has 1 aliphatic heterocycles. The van der Waals surface area contributed by atoms with Crippen molar-refractivity contribution in [3.05, 3.63) is 94.8 Å². The maximum Gasteiger partial charge on any atom is 0.167 e. The first kappa shape index (κ1) is 30.7. The predicted octanol–water partition coefficient (Wildman–Crippen LogP) is 5.51. The molecule has 0 aliphatic carbocycles. The van der Waals surface area contributed by atoms with Gasteiger partial charge in [0.15, 0.2) is 5.78 Å². The van der Waals surface area contributed by atoms with Gasteiger partial charge < -0.3 is 20.2 Å². The number of likely N-dealkylation sites (tertiary alicyclic amines) is 1. The minimum atomic E-state index is -1.07. The highest BCUT2D eigenvalue weighted by Gasteiger charge is 2.47. The number of hydrogen-bond donors (Lipinski definition) is 3. The molecule has 0 spiro atoms. The monoisotopic (exact) mass is 561 g/mol. The molecule has 4 rings (SSSR count). The van der Waals surface area contributed by atoms with Gasteiger partial charge in [-0.2, -0.15) is 0 Å². The number of benzene rings is 3. The second-order valence-corrected chi connectivity index (χ2v) is 12.2. The van der Waals surface area contributed by atoms with Gasteiger partial charge in [-0.1, -0.05) is 36.4 Å². The number of ketones is 1. The van der Waals surface area contributed by atoms with Crippen molar-refractivity contribution >= 4 is 5.78 Å². The standard InChI is InChI=1S/C34H42FN2O4/c1-22-25(14-9-15-29(22)35)32-27(26-13-6-7-16-30(26)39)20-37(31(34(2,3)41)17-10-18-36(4)5)21-28(32)33(40)23-11-8-12-24(38)19-23/h6,8-9,11-16,19,27-28,31-32,38-39,41H,10,17-18,20-21H2,1-5H3/t27-,28+,31-,32-/m1/s1. The van der Waals surface area contributed by atoms with Gasteiger partial charge >= 0.3 is 0 Å². The number of nitrogens with zero attached hydrogens (tertiary/aromatic N) is 2. The van der Waals surface area contributed by atoms with Crippen molar-refractivity contribution in [1.82, 2.24) is 9.80 Å². The Bertz CT molecular complexity index is 1350. The number of Topliss-reactive ketones (excluding diaryl/α,β-unsaturated/α-hetero) is 1. The molecule has 0 amide bonds. The van der Waals surface area contributed by atoms with Gasteiger partial charge in [0.05, 0.1) is 5.60 Å². The minimum Gasteiger partial charge on any atom is -0.508 e. The first-order chi connectivity index (χ1) is 19.4. The van der Waals surface area contributed by atoms with E-state index in [1.54, 1.807) is 45.0 Å². The van der Waals surface area contributed by atoms with Crippen LogP contribution in [0.4, 0.5) is 4.39 Å². The van der Waals surface area contributed by atoms with E-state index >= 15 is 0 Å². The van der Waals surface area contributed by atoms with Gasteiger partial charge in [-0.15, -0.1) is 0 Å². The number of halogens is 1. The van der Waals surface area contributed by atoms with Crippen molar-refractivity contribution in [3.63, 3.8) is 0 Å². The average molecular weight is 562 g/mol. The third kappa shape index (κ3) is 6.97. The van der Waals surface area contributed by atoms with E-state index in [9.17, 15) is 24.5 Å². The molecule has 0 aromatic heterocycles. The van der Waals surface area contributed by atoms with Gasteiger partial charge in [0.25, 0.3) is 0 Å². The van der Waals surface area contributed by atoms with Crippen molar-refractivity contribution in [2.45, 2.75) is 57.1 Å². The summed E-state index contributed by atoms with van der Waals surface area (Å²) in [6, 6.07) is 19.0. The summed E-state index contributed by atoms with van der Waals surface area (Å²) in [5.41, 5.74) is 1.14. The fourth-order valence-electron chi connectivity index (χ4n) is 6.50. The Morgan fingerprint density at radius 3 is 2.51 bits per heavy atom. The van der Waals surface area contributed by atoms with Crippen molar-refractivity contribution in [3.8, 4) is 11.5 Å². The predicted molar refractivity (Wildman–Crippen MR) is 159 cm³/mol. The summed E-state index contributed by atoms with van der Waals surface area (Å²) in [7, 11) is 4.03. The lowest BCUT2D eigenvalue weighted by atomic mass is 9.67. The summed E-state index contributed by atoms with van der Waals surface area (Å²) < 4.78 is 15.0. The molecule has 7 heteroatoms. The molecule has 1 aliphatic rings. The number of phenolic OH excluding ortho intramolecular Hbond substituents is 2. The lowest BCUT2D eigenvalue weighted by Gasteiger charge is -2.49. The Balaban J connectivity index is 1.89. The number of hydrogen-bond acceptors (Lipinski definition) is 6. The largest absolute Gasteiger partial charge is 0.508 e. The van der Waals surface area contributed by atoms with Gasteiger partial charge in [0.2, 0.25) is 0 Å². The topological polar surface area (TPSA) is 84.2 Å². The van der Waals surface area contributed by atoms with Crippen LogP contribution in [-0.2, 0) is 0 Å². The van der Waals surface area contributed by atoms with Gasteiger partial charge in [-0.3, -0.25) is 9.69 Å². The van der Waals surface area contributed by atoms with Gasteiger partial charge in [-0.25, -0.2) is 4.39 Å².